The van der Waals surface area contributed by atoms with Gasteiger partial charge in [0.1, 0.15) is 18.0 Å². The van der Waals surface area contributed by atoms with Gasteiger partial charge in [-0.3, -0.25) is 0 Å². The fraction of sp³-hybridized carbons (Fsp3) is 0.375. The van der Waals surface area contributed by atoms with Crippen LogP contribution in [0.2, 0.25) is 0 Å². The van der Waals surface area contributed by atoms with Gasteiger partial charge >= 0.3 is 0 Å². The Morgan fingerprint density at radius 1 is 1.10 bits per heavy atom. The minimum atomic E-state index is 0.322. The fourth-order valence-electron chi connectivity index (χ4n) is 2.34. The van der Waals surface area contributed by atoms with Gasteiger partial charge in [0.2, 0.25) is 0 Å². The van der Waals surface area contributed by atoms with Gasteiger partial charge < -0.3 is 10.6 Å². The van der Waals surface area contributed by atoms with Crippen LogP contribution in [-0.4, -0.2) is 23.1 Å². The molecular formula is C16H22N4. The Bertz CT molecular complexity index is 539. The van der Waals surface area contributed by atoms with Crippen molar-refractivity contribution in [2.45, 2.75) is 32.7 Å². The molecule has 0 saturated carbocycles. The normalized spacial score (nSPS) is 11.9. The van der Waals surface area contributed by atoms with E-state index >= 15 is 0 Å². The van der Waals surface area contributed by atoms with Crippen LogP contribution in [0.5, 0.6) is 0 Å². The number of hydrogen-bond acceptors (Lipinski definition) is 4. The van der Waals surface area contributed by atoms with Crippen LogP contribution in [0.3, 0.4) is 0 Å². The molecule has 1 unspecified atom stereocenters. The molecule has 1 atom stereocenters. The summed E-state index contributed by atoms with van der Waals surface area (Å²) in [7, 11) is 1.89. The third kappa shape index (κ3) is 3.47. The van der Waals surface area contributed by atoms with E-state index in [4.69, 9.17) is 0 Å². The van der Waals surface area contributed by atoms with Gasteiger partial charge in [0.15, 0.2) is 0 Å². The van der Waals surface area contributed by atoms with E-state index in [1.165, 1.54) is 5.56 Å². The van der Waals surface area contributed by atoms with Crippen LogP contribution in [0, 0.1) is 0 Å². The average molecular weight is 270 g/mol. The highest BCUT2D eigenvalue weighted by Crippen LogP contribution is 2.21. The standard InChI is InChI=1S/C16H22N4/c1-4-14-15(17-3)18-11-19-16(14)20-12(2)10-13-8-6-5-7-9-13/h5-9,11-12H,4,10H2,1-3H3,(H2,17,18,19,20). The lowest BCUT2D eigenvalue weighted by Gasteiger charge is -2.18. The highest BCUT2D eigenvalue weighted by Gasteiger charge is 2.11. The number of aromatic nitrogens is 2. The zero-order valence-corrected chi connectivity index (χ0v) is 12.4. The first-order chi connectivity index (χ1) is 9.74. The second-order valence-corrected chi connectivity index (χ2v) is 4.89. The van der Waals surface area contributed by atoms with Gasteiger partial charge in [-0.2, -0.15) is 0 Å². The first-order valence-electron chi connectivity index (χ1n) is 7.06. The summed E-state index contributed by atoms with van der Waals surface area (Å²) in [6.45, 7) is 4.29. The van der Waals surface area contributed by atoms with Gasteiger partial charge in [-0.25, -0.2) is 9.97 Å². The van der Waals surface area contributed by atoms with Gasteiger partial charge in [0.25, 0.3) is 0 Å². The van der Waals surface area contributed by atoms with Gasteiger partial charge in [-0.05, 0) is 25.3 Å². The van der Waals surface area contributed by atoms with Crippen LogP contribution < -0.4 is 10.6 Å². The van der Waals surface area contributed by atoms with Gasteiger partial charge in [-0.1, -0.05) is 37.3 Å². The van der Waals surface area contributed by atoms with E-state index in [-0.39, 0.29) is 0 Å². The Morgan fingerprint density at radius 3 is 2.45 bits per heavy atom. The zero-order chi connectivity index (χ0) is 14.4. The summed E-state index contributed by atoms with van der Waals surface area (Å²) in [4.78, 5) is 8.64. The van der Waals surface area contributed by atoms with E-state index in [0.29, 0.717) is 6.04 Å². The van der Waals surface area contributed by atoms with Crippen LogP contribution in [0.1, 0.15) is 25.0 Å². The monoisotopic (exact) mass is 270 g/mol. The van der Waals surface area contributed by atoms with E-state index in [0.717, 1.165) is 30.0 Å². The summed E-state index contributed by atoms with van der Waals surface area (Å²) >= 11 is 0. The third-order valence-corrected chi connectivity index (χ3v) is 3.30. The quantitative estimate of drug-likeness (QED) is 0.846. The van der Waals surface area contributed by atoms with Gasteiger partial charge in [-0.15, -0.1) is 0 Å². The summed E-state index contributed by atoms with van der Waals surface area (Å²) < 4.78 is 0. The zero-order valence-electron chi connectivity index (χ0n) is 12.4. The van der Waals surface area contributed by atoms with Crippen molar-refractivity contribution in [1.29, 1.82) is 0 Å². The molecule has 106 valence electrons. The summed E-state index contributed by atoms with van der Waals surface area (Å²) in [5, 5.41) is 6.61. The molecule has 0 saturated heterocycles. The van der Waals surface area contributed by atoms with Crippen molar-refractivity contribution in [3.8, 4) is 0 Å². The molecule has 2 aromatic rings. The Morgan fingerprint density at radius 2 is 1.80 bits per heavy atom. The molecule has 2 N–H and O–H groups in total. The molecule has 1 aromatic carbocycles. The van der Waals surface area contributed by atoms with Crippen molar-refractivity contribution < 1.29 is 0 Å². The Hall–Kier alpha value is -2.10. The SMILES string of the molecule is CCc1c(NC)ncnc1NC(C)Cc1ccccc1. The predicted molar refractivity (Wildman–Crippen MR) is 84.2 cm³/mol. The molecule has 20 heavy (non-hydrogen) atoms. The topological polar surface area (TPSA) is 49.8 Å². The number of nitrogens with one attached hydrogen (secondary N) is 2. The maximum Gasteiger partial charge on any atom is 0.134 e. The van der Waals surface area contributed by atoms with Crippen molar-refractivity contribution in [3.05, 3.63) is 47.8 Å². The number of benzene rings is 1. The number of anilines is 2. The summed E-state index contributed by atoms with van der Waals surface area (Å²) in [5.41, 5.74) is 2.46. The minimum absolute atomic E-state index is 0.322. The lowest BCUT2D eigenvalue weighted by molar-refractivity contribution is 0.780. The summed E-state index contributed by atoms with van der Waals surface area (Å²) in [6, 6.07) is 10.8. The van der Waals surface area contributed by atoms with E-state index in [9.17, 15) is 0 Å². The molecule has 0 spiro atoms. The molecular weight excluding hydrogens is 248 g/mol. The highest BCUT2D eigenvalue weighted by molar-refractivity contribution is 5.57. The second kappa shape index (κ2) is 6.89. The summed E-state index contributed by atoms with van der Waals surface area (Å²) in [5.74, 6) is 1.83. The van der Waals surface area contributed by atoms with Crippen molar-refractivity contribution in [1.82, 2.24) is 9.97 Å². The van der Waals surface area contributed by atoms with Crippen molar-refractivity contribution >= 4 is 11.6 Å². The smallest absolute Gasteiger partial charge is 0.134 e. The Kier molecular flexibility index (Phi) is 4.93. The molecule has 1 heterocycles. The molecule has 0 amide bonds. The largest absolute Gasteiger partial charge is 0.373 e. The predicted octanol–water partition coefficient (Wildman–Crippen LogP) is 3.12. The Labute approximate surface area is 120 Å². The van der Waals surface area contributed by atoms with E-state index in [2.05, 4.69) is 58.7 Å². The molecule has 1 aromatic heterocycles. The molecule has 4 heteroatoms. The lowest BCUT2D eigenvalue weighted by Crippen LogP contribution is -2.20. The number of nitrogens with zero attached hydrogens (tertiary/aromatic N) is 2. The molecule has 0 bridgehead atoms. The van der Waals surface area contributed by atoms with Crippen LogP contribution in [0.15, 0.2) is 36.7 Å². The van der Waals surface area contributed by atoms with Crippen molar-refractivity contribution in [2.24, 2.45) is 0 Å². The molecule has 0 aliphatic rings. The molecule has 0 radical (unpaired) electrons. The molecule has 2 rings (SSSR count). The van der Waals surface area contributed by atoms with Crippen LogP contribution in [0.25, 0.3) is 0 Å². The Balaban J connectivity index is 2.09. The van der Waals surface area contributed by atoms with Crippen molar-refractivity contribution in [3.63, 3.8) is 0 Å². The minimum Gasteiger partial charge on any atom is -0.373 e. The maximum atomic E-state index is 4.38. The second-order valence-electron chi connectivity index (χ2n) is 4.89. The maximum absolute atomic E-state index is 4.38. The number of rotatable bonds is 6. The molecule has 0 aliphatic heterocycles. The van der Waals surface area contributed by atoms with E-state index < -0.39 is 0 Å². The van der Waals surface area contributed by atoms with Crippen LogP contribution in [0.4, 0.5) is 11.6 Å². The summed E-state index contributed by atoms with van der Waals surface area (Å²) in [6.07, 6.45) is 3.48. The molecule has 4 nitrogen and oxygen atoms in total. The third-order valence-electron chi connectivity index (χ3n) is 3.30. The van der Waals surface area contributed by atoms with Gasteiger partial charge in [0.05, 0.1) is 0 Å². The van der Waals surface area contributed by atoms with E-state index in [1.54, 1.807) is 6.33 Å². The highest BCUT2D eigenvalue weighted by atomic mass is 15.1. The van der Waals surface area contributed by atoms with Crippen LogP contribution in [-0.2, 0) is 12.8 Å². The lowest BCUT2D eigenvalue weighted by atomic mass is 10.1. The van der Waals surface area contributed by atoms with Crippen LogP contribution >= 0.6 is 0 Å². The number of hydrogen-bond donors (Lipinski definition) is 2. The first kappa shape index (κ1) is 14.3. The van der Waals surface area contributed by atoms with Crippen molar-refractivity contribution in [2.75, 3.05) is 17.7 Å². The first-order valence-corrected chi connectivity index (χ1v) is 7.06. The van der Waals surface area contributed by atoms with E-state index in [1.807, 2.05) is 13.1 Å². The fourth-order valence-corrected chi connectivity index (χ4v) is 2.34. The van der Waals surface area contributed by atoms with Gasteiger partial charge in [0, 0.05) is 18.7 Å². The molecule has 0 fully saturated rings. The average Bonchev–Trinajstić information content (AvgIpc) is 2.47. The molecule has 0 aliphatic carbocycles.